The minimum Gasteiger partial charge on any atom is -0.457 e. The number of rotatable bonds is 26. The van der Waals surface area contributed by atoms with Crippen LogP contribution in [0.3, 0.4) is 0 Å². The Morgan fingerprint density at radius 1 is 0.658 bits per heavy atom. The quantitative estimate of drug-likeness (QED) is 0.0691. The van der Waals surface area contributed by atoms with Gasteiger partial charge in [-0.3, -0.25) is 4.79 Å². The van der Waals surface area contributed by atoms with Gasteiger partial charge in [0.25, 0.3) is 0 Å². The number of allylic oxidation sites excluding steroid dienone is 12. The van der Waals surface area contributed by atoms with Gasteiger partial charge in [0.1, 0.15) is 6.10 Å². The molecule has 4 nitrogen and oxygen atoms in total. The summed E-state index contributed by atoms with van der Waals surface area (Å²) >= 11 is 0. The van der Waals surface area contributed by atoms with Gasteiger partial charge in [0.05, 0.1) is 13.2 Å². The van der Waals surface area contributed by atoms with E-state index >= 15 is 0 Å². The van der Waals surface area contributed by atoms with Crippen LogP contribution < -0.4 is 0 Å². The minimum absolute atomic E-state index is 0.191. The molecule has 0 aliphatic rings. The standard InChI is InChI=1S/C34H56O4/c1-3-5-7-9-10-11-12-13-14-15-16-17-18-19-20-21-22-23-24-25-26-28-30-37-32-33(31-35)38-34(36)29-27-8-6-4-2/h5,7,10-11,13-14,16-17,19-20,22-23,33,35H,3-4,6,8-9,12,15,18,21,24-32H2,1-2H3/b7-5-,11-10-,14-13-,17-16-,20-19-,23-22-. The molecule has 1 atom stereocenters. The summed E-state index contributed by atoms with van der Waals surface area (Å²) in [7, 11) is 0. The first-order chi connectivity index (χ1) is 18.7. The summed E-state index contributed by atoms with van der Waals surface area (Å²) in [4.78, 5) is 11.8. The number of aliphatic hydroxyl groups is 1. The predicted molar refractivity (Wildman–Crippen MR) is 163 cm³/mol. The largest absolute Gasteiger partial charge is 0.457 e. The van der Waals surface area contributed by atoms with Crippen LogP contribution in [0.5, 0.6) is 0 Å². The molecule has 4 heteroatoms. The van der Waals surface area contributed by atoms with Gasteiger partial charge < -0.3 is 14.6 Å². The van der Waals surface area contributed by atoms with Crippen LogP contribution in [0.15, 0.2) is 72.9 Å². The van der Waals surface area contributed by atoms with E-state index < -0.39 is 6.10 Å². The van der Waals surface area contributed by atoms with Gasteiger partial charge in [-0.1, -0.05) is 112 Å². The highest BCUT2D eigenvalue weighted by atomic mass is 16.6. The van der Waals surface area contributed by atoms with Crippen molar-refractivity contribution in [1.82, 2.24) is 0 Å². The number of unbranched alkanes of at least 4 members (excludes halogenated alkanes) is 6. The van der Waals surface area contributed by atoms with E-state index in [1.54, 1.807) is 0 Å². The maximum Gasteiger partial charge on any atom is 0.306 e. The summed E-state index contributed by atoms with van der Waals surface area (Å²) in [5.74, 6) is -0.236. The summed E-state index contributed by atoms with van der Waals surface area (Å²) < 4.78 is 10.9. The highest BCUT2D eigenvalue weighted by molar-refractivity contribution is 5.69. The van der Waals surface area contributed by atoms with Crippen molar-refractivity contribution < 1.29 is 19.4 Å². The zero-order chi connectivity index (χ0) is 27.8. The lowest BCUT2D eigenvalue weighted by atomic mass is 10.1. The van der Waals surface area contributed by atoms with Gasteiger partial charge in [-0.15, -0.1) is 0 Å². The third-order valence-electron chi connectivity index (χ3n) is 5.80. The van der Waals surface area contributed by atoms with Gasteiger partial charge in [-0.2, -0.15) is 0 Å². The molecule has 0 aromatic heterocycles. The SMILES string of the molecule is CC/C=C\C/C=C\C/C=C\C/C=C\C/C=C\C/C=C\CCCCCOCC(CO)OC(=O)CCCCCC. The van der Waals surface area contributed by atoms with Crippen LogP contribution >= 0.6 is 0 Å². The fourth-order valence-electron chi connectivity index (χ4n) is 3.56. The second kappa shape index (κ2) is 31.1. The Morgan fingerprint density at radius 2 is 1.18 bits per heavy atom. The highest BCUT2D eigenvalue weighted by Gasteiger charge is 2.13. The highest BCUT2D eigenvalue weighted by Crippen LogP contribution is 2.06. The fraction of sp³-hybridized carbons (Fsp3) is 0.618. The first-order valence-electron chi connectivity index (χ1n) is 15.0. The molecule has 0 spiro atoms. The molecule has 0 bridgehead atoms. The summed E-state index contributed by atoms with van der Waals surface area (Å²) in [5.41, 5.74) is 0. The van der Waals surface area contributed by atoms with Crippen molar-refractivity contribution in [2.45, 2.75) is 116 Å². The molecular weight excluding hydrogens is 472 g/mol. The maximum atomic E-state index is 11.8. The Kier molecular flexibility index (Phi) is 29.3. The molecule has 0 aromatic rings. The number of hydrogen-bond donors (Lipinski definition) is 1. The van der Waals surface area contributed by atoms with Crippen LogP contribution in [0.4, 0.5) is 0 Å². The Morgan fingerprint density at radius 3 is 1.71 bits per heavy atom. The lowest BCUT2D eigenvalue weighted by molar-refractivity contribution is -0.154. The average molecular weight is 529 g/mol. The Bertz CT molecular complexity index is 685. The molecule has 1 N–H and O–H groups in total. The van der Waals surface area contributed by atoms with Crippen LogP contribution in [0.25, 0.3) is 0 Å². The lowest BCUT2D eigenvalue weighted by Gasteiger charge is -2.15. The molecule has 0 radical (unpaired) electrons. The van der Waals surface area contributed by atoms with Crippen molar-refractivity contribution in [3.05, 3.63) is 72.9 Å². The summed E-state index contributed by atoms with van der Waals surface area (Å²) in [6.07, 6.45) is 41.1. The minimum atomic E-state index is -0.549. The van der Waals surface area contributed by atoms with E-state index in [1.807, 2.05) is 0 Å². The number of esters is 1. The predicted octanol–water partition coefficient (Wildman–Crippen LogP) is 9.14. The fourth-order valence-corrected chi connectivity index (χ4v) is 3.56. The zero-order valence-corrected chi connectivity index (χ0v) is 24.4. The van der Waals surface area contributed by atoms with Gasteiger partial charge >= 0.3 is 5.97 Å². The molecule has 1 unspecified atom stereocenters. The van der Waals surface area contributed by atoms with Crippen molar-refractivity contribution in [3.63, 3.8) is 0 Å². The lowest BCUT2D eigenvalue weighted by Crippen LogP contribution is -2.27. The molecule has 0 aliphatic carbocycles. The van der Waals surface area contributed by atoms with Gasteiger partial charge in [0.15, 0.2) is 0 Å². The van der Waals surface area contributed by atoms with Crippen molar-refractivity contribution >= 4 is 5.97 Å². The van der Waals surface area contributed by atoms with Crippen molar-refractivity contribution in [3.8, 4) is 0 Å². The number of ether oxygens (including phenoxy) is 2. The number of hydrogen-bond acceptors (Lipinski definition) is 4. The van der Waals surface area contributed by atoms with Gasteiger partial charge in [-0.25, -0.2) is 0 Å². The molecule has 0 aliphatic heterocycles. The molecule has 38 heavy (non-hydrogen) atoms. The monoisotopic (exact) mass is 528 g/mol. The molecule has 0 aromatic carbocycles. The number of carbonyl (C=O) groups is 1. The molecule has 0 fully saturated rings. The van der Waals surface area contributed by atoms with Crippen LogP contribution in [0, 0.1) is 0 Å². The summed E-state index contributed by atoms with van der Waals surface area (Å²) in [6, 6.07) is 0. The van der Waals surface area contributed by atoms with Crippen molar-refractivity contribution in [2.75, 3.05) is 19.8 Å². The summed E-state index contributed by atoms with van der Waals surface area (Å²) in [5, 5.41) is 9.39. The first-order valence-corrected chi connectivity index (χ1v) is 15.0. The smallest absolute Gasteiger partial charge is 0.306 e. The van der Waals surface area contributed by atoms with Gasteiger partial charge in [0.2, 0.25) is 0 Å². The summed E-state index contributed by atoms with van der Waals surface area (Å²) in [6.45, 7) is 5.01. The molecule has 216 valence electrons. The topological polar surface area (TPSA) is 55.8 Å². The van der Waals surface area contributed by atoms with Crippen LogP contribution in [-0.4, -0.2) is 37.0 Å². The Balaban J connectivity index is 3.57. The van der Waals surface area contributed by atoms with E-state index in [9.17, 15) is 9.90 Å². The number of aliphatic hydroxyl groups excluding tert-OH is 1. The van der Waals surface area contributed by atoms with Crippen LogP contribution in [0.2, 0.25) is 0 Å². The molecular formula is C34H56O4. The third kappa shape index (κ3) is 28.4. The Hall–Kier alpha value is -2.17. The second-order valence-electron chi connectivity index (χ2n) is 9.44. The van der Waals surface area contributed by atoms with Crippen molar-refractivity contribution in [1.29, 1.82) is 0 Å². The van der Waals surface area contributed by atoms with Gasteiger partial charge in [-0.05, 0) is 64.2 Å². The molecule has 0 amide bonds. The average Bonchev–Trinajstić information content (AvgIpc) is 2.92. The zero-order valence-electron chi connectivity index (χ0n) is 24.4. The molecule has 0 rings (SSSR count). The van der Waals surface area contributed by atoms with E-state index in [0.29, 0.717) is 13.0 Å². The van der Waals surface area contributed by atoms with Crippen LogP contribution in [0.1, 0.15) is 110 Å². The second-order valence-corrected chi connectivity index (χ2v) is 9.44. The number of carbonyl (C=O) groups excluding carboxylic acids is 1. The normalized spacial score (nSPS) is 13.4. The van der Waals surface area contributed by atoms with Crippen LogP contribution in [-0.2, 0) is 14.3 Å². The van der Waals surface area contributed by atoms with E-state index in [1.165, 1.54) is 0 Å². The van der Waals surface area contributed by atoms with Crippen molar-refractivity contribution in [2.24, 2.45) is 0 Å². The van der Waals surface area contributed by atoms with Gasteiger partial charge in [0, 0.05) is 13.0 Å². The Labute approximate surface area is 234 Å². The van der Waals surface area contributed by atoms with E-state index in [-0.39, 0.29) is 19.2 Å². The maximum absolute atomic E-state index is 11.8. The van der Waals surface area contributed by atoms with E-state index in [4.69, 9.17) is 9.47 Å². The van der Waals surface area contributed by atoms with E-state index in [2.05, 4.69) is 86.8 Å². The van der Waals surface area contributed by atoms with E-state index in [0.717, 1.165) is 89.9 Å². The third-order valence-corrected chi connectivity index (χ3v) is 5.80. The molecule has 0 heterocycles. The molecule has 0 saturated heterocycles. The first kappa shape index (κ1) is 35.8. The molecule has 0 saturated carbocycles.